The molecule has 0 aromatic rings. The molecule has 0 saturated carbocycles. The summed E-state index contributed by atoms with van der Waals surface area (Å²) < 4.78 is 0. The Bertz CT molecular complexity index is 34.4. The predicted molar refractivity (Wildman–Crippen MR) is 14.6 cm³/mol. The van der Waals surface area contributed by atoms with Crippen LogP contribution in [0.15, 0.2) is 0 Å². The van der Waals surface area contributed by atoms with E-state index in [1.165, 1.54) is 6.92 Å². The van der Waals surface area contributed by atoms with E-state index in [0.717, 1.165) is 0 Å². The third-order valence-electron chi connectivity index (χ3n) is 0. The van der Waals surface area contributed by atoms with Gasteiger partial charge in [-0.05, 0) is 0 Å². The van der Waals surface area contributed by atoms with E-state index in [9.17, 15) is 0 Å². The first kappa shape index (κ1) is 8.93. The van der Waals surface area contributed by atoms with Crippen LogP contribution in [-0.2, 0) is 0 Å². The summed E-state index contributed by atoms with van der Waals surface area (Å²) in [4.78, 5) is 0. The molecule has 0 spiro atoms. The molecule has 0 aromatic carbocycles. The minimum atomic E-state index is 0. The summed E-state index contributed by atoms with van der Waals surface area (Å²) in [6.45, 7) is 1.43. The van der Waals surface area contributed by atoms with Crippen LogP contribution in [0.25, 0.3) is 0 Å². The Hall–Kier alpha value is 1.13. The van der Waals surface area contributed by atoms with Crippen LogP contribution in [0.2, 0.25) is 0 Å². The number of nitriles is 1. The largest absolute Gasteiger partial charge is 1.00 e. The van der Waals surface area contributed by atoms with Crippen molar-refractivity contribution in [3.05, 3.63) is 0 Å². The van der Waals surface area contributed by atoms with Crippen LogP contribution in [0.3, 0.4) is 0 Å². The standard InChI is InChI=1S/C2H3N.K.H/c1-2-3;;/h1H3;;/q;+1;-1/p+2. The smallest absolute Gasteiger partial charge is 1.00 e. The quantitative estimate of drug-likeness (QED) is 0.307. The third-order valence-corrected chi connectivity index (χ3v) is 0. The molecule has 0 rings (SSSR count). The van der Waals surface area contributed by atoms with Crippen molar-refractivity contribution in [3.63, 3.8) is 0 Å². The van der Waals surface area contributed by atoms with E-state index in [1.807, 2.05) is 0 Å². The summed E-state index contributed by atoms with van der Waals surface area (Å²) >= 11 is 0. The molecule has 1 nitrogen and oxygen atoms in total. The topological polar surface area (TPSA) is 23.8 Å². The first-order valence-corrected chi connectivity index (χ1v) is 0.724. The zero-order valence-corrected chi connectivity index (χ0v) is 6.07. The summed E-state index contributed by atoms with van der Waals surface area (Å²) in [6.07, 6.45) is 0. The van der Waals surface area contributed by atoms with Gasteiger partial charge in [0.1, 0.15) is 0 Å². The number of hydrogen-bond acceptors (Lipinski definition) is 1. The van der Waals surface area contributed by atoms with Gasteiger partial charge < -0.3 is 1.43 Å². The Morgan fingerprint density at radius 1 is 2.25 bits per heavy atom. The van der Waals surface area contributed by atoms with Crippen molar-refractivity contribution in [2.45, 2.75) is 6.92 Å². The van der Waals surface area contributed by atoms with Crippen LogP contribution in [0, 0.1) is 11.3 Å². The molecule has 0 N–H and O–H groups in total. The second kappa shape index (κ2) is 8.92. The molecule has 0 atom stereocenters. The first-order chi connectivity index (χ1) is 1.41. The van der Waals surface area contributed by atoms with Crippen LogP contribution in [0.1, 0.15) is 11.2 Å². The summed E-state index contributed by atoms with van der Waals surface area (Å²) in [5, 5.41) is 7.32. The normalized spacial score (nSPS) is 2.00. The van der Waals surface area contributed by atoms with Gasteiger partial charge in [0.15, 0.2) is 0 Å². The van der Waals surface area contributed by atoms with E-state index in [2.05, 4.69) is 0 Å². The van der Waals surface area contributed by atoms with E-state index in [-0.39, 0.29) is 55.7 Å². The van der Waals surface area contributed by atoms with Crippen LogP contribution >= 0.6 is 0 Å². The molecule has 0 radical (unpaired) electrons. The maximum atomic E-state index is 7.32. The summed E-state index contributed by atoms with van der Waals surface area (Å²) in [7, 11) is 0. The van der Waals surface area contributed by atoms with E-state index in [1.54, 1.807) is 6.07 Å². The second-order valence-electron chi connectivity index (χ2n) is 0.224. The molecule has 0 aromatic heterocycles. The van der Waals surface area contributed by atoms with Crippen molar-refractivity contribution in [2.24, 2.45) is 0 Å². The van der Waals surface area contributed by atoms with Crippen molar-refractivity contribution in [3.8, 4) is 6.07 Å². The fourth-order valence-corrected chi connectivity index (χ4v) is 0. The summed E-state index contributed by atoms with van der Waals surface area (Å²) in [6, 6.07) is 1.75. The molecule has 0 aliphatic heterocycles. The summed E-state index contributed by atoms with van der Waals surface area (Å²) in [5.74, 6) is 0. The molecule has 2 heteroatoms. The minimum absolute atomic E-state index is 0. The van der Waals surface area contributed by atoms with Gasteiger partial charge in [-0.25, -0.2) is 0 Å². The Kier molecular flexibility index (Phi) is 19.9. The Labute approximate surface area is 72.9 Å². The molecule has 4 heavy (non-hydrogen) atoms. The van der Waals surface area contributed by atoms with Crippen molar-refractivity contribution in [1.29, 1.82) is 5.26 Å². The average molecular weight is 83.2 g/mol. The van der Waals surface area contributed by atoms with E-state index < -0.39 is 0 Å². The molecule has 0 heterocycles. The zero-order chi connectivity index (χ0) is 2.71. The van der Waals surface area contributed by atoms with Gasteiger partial charge in [0, 0.05) is 6.92 Å². The maximum absolute atomic E-state index is 7.32. The molecule has 0 saturated heterocycles. The van der Waals surface area contributed by atoms with Crippen molar-refractivity contribution < 1.29 is 55.7 Å². The predicted octanol–water partition coefficient (Wildman–Crippen LogP) is -2.13. The molecule has 0 bridgehead atoms. The van der Waals surface area contributed by atoms with Crippen molar-refractivity contribution in [2.75, 3.05) is 0 Å². The van der Waals surface area contributed by atoms with Crippen LogP contribution in [0.4, 0.5) is 0 Å². The molecule has 0 fully saturated rings. The maximum Gasteiger partial charge on any atom is 1.00 e. The van der Waals surface area contributed by atoms with Gasteiger partial charge in [-0.2, -0.15) is 5.26 Å². The number of nitrogens with zero attached hydrogens (tertiary/aromatic N) is 1. The molecular weight excluding hydrogens is 77.1 g/mol. The molecule has 0 amide bonds. The van der Waals surface area contributed by atoms with Gasteiger partial charge in [-0.1, -0.05) is 0 Å². The van der Waals surface area contributed by atoms with Crippen LogP contribution in [-0.4, -0.2) is 0 Å². The SMILES string of the molecule is CC#N.[H+].[H+].[H-].[K+]. The van der Waals surface area contributed by atoms with Gasteiger partial charge in [0.2, 0.25) is 0 Å². The Morgan fingerprint density at radius 3 is 2.25 bits per heavy atom. The molecule has 0 unspecified atom stereocenters. The van der Waals surface area contributed by atoms with Crippen molar-refractivity contribution in [1.82, 2.24) is 0 Å². The molecular formula is C2H6KN+2. The Balaban J connectivity index is -0.00000000333. The molecule has 0 aliphatic rings. The van der Waals surface area contributed by atoms with Crippen LogP contribution < -0.4 is 51.4 Å². The Morgan fingerprint density at radius 2 is 2.25 bits per heavy atom. The molecule has 0 aliphatic carbocycles. The second-order valence-corrected chi connectivity index (χ2v) is 0.224. The fraction of sp³-hybridized carbons (Fsp3) is 0.500. The number of rotatable bonds is 0. The zero-order valence-electron chi connectivity index (χ0n) is 5.95. The minimum Gasteiger partial charge on any atom is -1.00 e. The van der Waals surface area contributed by atoms with Gasteiger partial charge >= 0.3 is 54.2 Å². The summed E-state index contributed by atoms with van der Waals surface area (Å²) in [5.41, 5.74) is 0. The van der Waals surface area contributed by atoms with E-state index >= 15 is 0 Å². The van der Waals surface area contributed by atoms with Crippen LogP contribution in [0.5, 0.6) is 0 Å². The van der Waals surface area contributed by atoms with E-state index in [0.29, 0.717) is 0 Å². The fourth-order valence-electron chi connectivity index (χ4n) is 0. The first-order valence-electron chi connectivity index (χ1n) is 0.724. The molecule has 18 valence electrons. The third kappa shape index (κ3) is 11.1. The van der Waals surface area contributed by atoms with Crippen molar-refractivity contribution >= 4 is 0 Å². The average Bonchev–Trinajstić information content (AvgIpc) is 0.918. The monoisotopic (exact) mass is 83.0 g/mol. The van der Waals surface area contributed by atoms with Gasteiger partial charge in [0.05, 0.1) is 6.07 Å². The van der Waals surface area contributed by atoms with Gasteiger partial charge in [-0.3, -0.25) is 0 Å². The van der Waals surface area contributed by atoms with Gasteiger partial charge in [-0.15, -0.1) is 0 Å². The van der Waals surface area contributed by atoms with Gasteiger partial charge in [0.25, 0.3) is 0 Å². The number of hydrogen-bond donors (Lipinski definition) is 0. The van der Waals surface area contributed by atoms with E-state index in [4.69, 9.17) is 5.26 Å².